The van der Waals surface area contributed by atoms with Crippen molar-refractivity contribution < 1.29 is 14.6 Å². The summed E-state index contributed by atoms with van der Waals surface area (Å²) >= 11 is 0. The van der Waals surface area contributed by atoms with Crippen LogP contribution in [-0.4, -0.2) is 69.7 Å². The topological polar surface area (TPSA) is 96.7 Å². The van der Waals surface area contributed by atoms with Gasteiger partial charge in [-0.3, -0.25) is 9.59 Å². The summed E-state index contributed by atoms with van der Waals surface area (Å²) in [7, 11) is 0. The van der Waals surface area contributed by atoms with Gasteiger partial charge < -0.3 is 20.1 Å². The maximum absolute atomic E-state index is 13.3. The molecule has 3 heterocycles. The molecule has 8 nitrogen and oxygen atoms in total. The molecule has 8 heteroatoms. The Kier molecular flexibility index (Phi) is 6.11. The van der Waals surface area contributed by atoms with Crippen LogP contribution in [0.4, 0.5) is 0 Å². The van der Waals surface area contributed by atoms with Crippen molar-refractivity contribution >= 4 is 16.7 Å². The van der Waals surface area contributed by atoms with Gasteiger partial charge in [-0.25, -0.2) is 4.68 Å². The van der Waals surface area contributed by atoms with E-state index >= 15 is 0 Å². The summed E-state index contributed by atoms with van der Waals surface area (Å²) in [5.41, 5.74) is 3.69. The van der Waals surface area contributed by atoms with Crippen molar-refractivity contribution in [1.82, 2.24) is 20.0 Å². The predicted molar refractivity (Wildman–Crippen MR) is 136 cm³/mol. The minimum Gasteiger partial charge on any atom is -0.390 e. The summed E-state index contributed by atoms with van der Waals surface area (Å²) in [6.45, 7) is 3.52. The van der Waals surface area contributed by atoms with Crippen LogP contribution in [-0.2, 0) is 24.1 Å². The summed E-state index contributed by atoms with van der Waals surface area (Å²) in [6, 6.07) is 14.2. The lowest BCUT2D eigenvalue weighted by Gasteiger charge is -2.34. The molecule has 188 valence electrons. The second-order valence-corrected chi connectivity index (χ2v) is 10.4. The van der Waals surface area contributed by atoms with E-state index in [4.69, 9.17) is 4.74 Å². The van der Waals surface area contributed by atoms with E-state index in [9.17, 15) is 14.7 Å². The molecule has 3 aromatic rings. The predicted octanol–water partition coefficient (Wildman–Crippen LogP) is 1.83. The number of aliphatic hydroxyl groups is 1. The largest absolute Gasteiger partial charge is 0.390 e. The molecule has 2 aliphatic heterocycles. The lowest BCUT2D eigenvalue weighted by atomic mass is 10.1. The second kappa shape index (κ2) is 9.42. The number of benzene rings is 2. The number of nitrogens with one attached hydrogen (secondary N) is 1. The Bertz CT molecular complexity index is 1330. The van der Waals surface area contributed by atoms with E-state index in [-0.39, 0.29) is 36.1 Å². The van der Waals surface area contributed by atoms with Crippen molar-refractivity contribution in [3.8, 4) is 0 Å². The molecule has 1 aliphatic carbocycles. The monoisotopic (exact) mass is 488 g/mol. The summed E-state index contributed by atoms with van der Waals surface area (Å²) in [5, 5.41) is 19.8. The minimum absolute atomic E-state index is 0.00756. The average molecular weight is 489 g/mol. The molecule has 2 bridgehead atoms. The molecule has 0 radical (unpaired) electrons. The van der Waals surface area contributed by atoms with Crippen LogP contribution >= 0.6 is 0 Å². The summed E-state index contributed by atoms with van der Waals surface area (Å²) in [4.78, 5) is 28.4. The molecule has 0 spiro atoms. The van der Waals surface area contributed by atoms with Crippen LogP contribution in [0.15, 0.2) is 47.3 Å². The van der Waals surface area contributed by atoms with Gasteiger partial charge in [-0.2, -0.15) is 5.10 Å². The normalized spacial score (nSPS) is 22.2. The van der Waals surface area contributed by atoms with Gasteiger partial charge in [0.2, 0.25) is 0 Å². The molecule has 1 aromatic heterocycles. The fourth-order valence-corrected chi connectivity index (χ4v) is 6.09. The first-order valence-corrected chi connectivity index (χ1v) is 12.9. The van der Waals surface area contributed by atoms with E-state index < -0.39 is 6.10 Å². The number of morpholine rings is 1. The molecule has 2 fully saturated rings. The van der Waals surface area contributed by atoms with Gasteiger partial charge in [0.25, 0.3) is 11.5 Å². The van der Waals surface area contributed by atoms with Crippen LogP contribution in [0.2, 0.25) is 0 Å². The zero-order valence-corrected chi connectivity index (χ0v) is 20.5. The van der Waals surface area contributed by atoms with E-state index in [1.54, 1.807) is 18.2 Å². The van der Waals surface area contributed by atoms with Crippen LogP contribution in [0.25, 0.3) is 10.8 Å². The first kappa shape index (κ1) is 23.3. The van der Waals surface area contributed by atoms with E-state index in [1.165, 1.54) is 15.8 Å². The molecule has 3 atom stereocenters. The number of aryl methyl sites for hydroxylation is 1. The molecule has 2 N–H and O–H groups in total. The Labute approximate surface area is 209 Å². The maximum Gasteiger partial charge on any atom is 0.274 e. The van der Waals surface area contributed by atoms with Crippen molar-refractivity contribution in [3.63, 3.8) is 0 Å². The highest BCUT2D eigenvalue weighted by Crippen LogP contribution is 2.31. The van der Waals surface area contributed by atoms with Crippen LogP contribution in [0.1, 0.15) is 40.0 Å². The van der Waals surface area contributed by atoms with Crippen molar-refractivity contribution in [1.29, 1.82) is 0 Å². The zero-order chi connectivity index (χ0) is 24.8. The molecule has 0 saturated carbocycles. The Hall–Kier alpha value is -3.07. The van der Waals surface area contributed by atoms with Gasteiger partial charge in [0.05, 0.1) is 49.0 Å². The number of rotatable bonds is 6. The fourth-order valence-electron chi connectivity index (χ4n) is 6.09. The highest BCUT2D eigenvalue weighted by atomic mass is 16.5. The smallest absolute Gasteiger partial charge is 0.274 e. The van der Waals surface area contributed by atoms with Gasteiger partial charge in [0, 0.05) is 23.5 Å². The van der Waals surface area contributed by atoms with Gasteiger partial charge in [-0.1, -0.05) is 24.3 Å². The highest BCUT2D eigenvalue weighted by molar-refractivity contribution is 5.99. The second-order valence-electron chi connectivity index (χ2n) is 10.4. The maximum atomic E-state index is 13.3. The van der Waals surface area contributed by atoms with E-state index in [1.807, 2.05) is 11.8 Å². The van der Waals surface area contributed by atoms with Crippen molar-refractivity contribution in [2.75, 3.05) is 19.8 Å². The number of nitrogens with zero attached hydrogens (tertiary/aromatic N) is 3. The molecule has 6 rings (SSSR count). The molecule has 2 saturated heterocycles. The molecular formula is C28H32N4O4. The van der Waals surface area contributed by atoms with Crippen molar-refractivity contribution in [3.05, 3.63) is 75.2 Å². The van der Waals surface area contributed by atoms with Gasteiger partial charge in [-0.15, -0.1) is 0 Å². The van der Waals surface area contributed by atoms with Gasteiger partial charge >= 0.3 is 0 Å². The summed E-state index contributed by atoms with van der Waals surface area (Å²) < 4.78 is 6.96. The fraction of sp³-hybridized carbons (Fsp3) is 0.464. The van der Waals surface area contributed by atoms with E-state index in [0.29, 0.717) is 41.8 Å². The van der Waals surface area contributed by atoms with Gasteiger partial charge in [0.15, 0.2) is 0 Å². The number of amides is 1. The number of carbonyl (C=O) groups excluding carboxylic acids is 1. The molecule has 1 amide bonds. The summed E-state index contributed by atoms with van der Waals surface area (Å²) in [5.74, 6) is -0.00756. The van der Waals surface area contributed by atoms with Gasteiger partial charge in [-0.05, 0) is 61.9 Å². The third kappa shape index (κ3) is 4.23. The third-order valence-electron chi connectivity index (χ3n) is 7.94. The third-order valence-corrected chi connectivity index (χ3v) is 7.94. The van der Waals surface area contributed by atoms with Crippen LogP contribution in [0, 0.1) is 6.92 Å². The molecular weight excluding hydrogens is 456 g/mol. The van der Waals surface area contributed by atoms with Crippen LogP contribution in [0.3, 0.4) is 0 Å². The number of aliphatic hydroxyl groups excluding tert-OH is 1. The standard InChI is InChI=1S/C28H32N4O4/c1-17-26-12-20(27(34)32-22-7-8-23(32)16-36-15-22)6-9-25(26)28(35)31(30-17)14-24(33)13-29-21-10-18-4-2-3-5-19(18)11-21/h2-6,9,12,21-24,29,33H,7-8,10-11,13-16H2,1H3. The Morgan fingerprint density at radius 3 is 2.50 bits per heavy atom. The first-order chi connectivity index (χ1) is 17.5. The number of aromatic nitrogens is 2. The highest BCUT2D eigenvalue weighted by Gasteiger charge is 2.40. The zero-order valence-electron chi connectivity index (χ0n) is 20.5. The SMILES string of the molecule is Cc1nn(CC(O)CNC2Cc3ccccc3C2)c(=O)c2ccc(C(=O)N3C4CCC3COC4)cc12. The number of hydrogen-bond acceptors (Lipinski definition) is 6. The van der Waals surface area contributed by atoms with E-state index in [0.717, 1.165) is 25.7 Å². The Morgan fingerprint density at radius 2 is 1.81 bits per heavy atom. The molecule has 3 aliphatic rings. The number of hydrogen-bond donors (Lipinski definition) is 2. The molecule has 2 aromatic carbocycles. The van der Waals surface area contributed by atoms with Crippen LogP contribution < -0.4 is 10.9 Å². The Morgan fingerprint density at radius 1 is 1.11 bits per heavy atom. The number of carbonyl (C=O) groups is 1. The van der Waals surface area contributed by atoms with Crippen molar-refractivity contribution in [2.24, 2.45) is 0 Å². The first-order valence-electron chi connectivity index (χ1n) is 12.9. The van der Waals surface area contributed by atoms with Crippen LogP contribution in [0.5, 0.6) is 0 Å². The van der Waals surface area contributed by atoms with E-state index in [2.05, 4.69) is 34.7 Å². The lowest BCUT2D eigenvalue weighted by molar-refractivity contribution is -0.00714. The quantitative estimate of drug-likeness (QED) is 0.550. The lowest BCUT2D eigenvalue weighted by Crippen LogP contribution is -2.49. The average Bonchev–Trinajstić information content (AvgIpc) is 3.42. The molecule has 3 unspecified atom stereocenters. The minimum atomic E-state index is -0.742. The van der Waals surface area contributed by atoms with Crippen molar-refractivity contribution in [2.45, 2.75) is 63.4 Å². The summed E-state index contributed by atoms with van der Waals surface area (Å²) in [6.07, 6.45) is 3.10. The Balaban J connectivity index is 1.15. The molecule has 36 heavy (non-hydrogen) atoms. The number of ether oxygens (including phenoxy) is 1. The van der Waals surface area contributed by atoms with Gasteiger partial charge in [0.1, 0.15) is 0 Å². The number of fused-ring (bicyclic) bond motifs is 4.